The molecule has 2 nitrogen and oxygen atoms in total. The van der Waals surface area contributed by atoms with E-state index in [-0.39, 0.29) is 28.8 Å². The molecule has 2 aromatic carbocycles. The van der Waals surface area contributed by atoms with Crippen LogP contribution in [0.1, 0.15) is 29.9 Å². The van der Waals surface area contributed by atoms with Gasteiger partial charge >= 0.3 is 0 Å². The monoisotopic (exact) mass is 379 g/mol. The number of carbonyl (C=O) groups is 1. The van der Waals surface area contributed by atoms with Gasteiger partial charge in [0.1, 0.15) is 11.6 Å². The lowest BCUT2D eigenvalue weighted by molar-refractivity contribution is -0.116. The molecule has 1 atom stereocenters. The molecule has 0 saturated carbocycles. The molecule has 0 bridgehead atoms. The first-order valence-electron chi connectivity index (χ1n) is 7.51. The van der Waals surface area contributed by atoms with Crippen molar-refractivity contribution in [2.24, 2.45) is 0 Å². The number of amides is 1. The summed E-state index contributed by atoms with van der Waals surface area (Å²) in [6.07, 6.45) is 1.63. The Hall–Kier alpha value is -1.75. The number of fused-ring (bicyclic) bond motifs is 1. The van der Waals surface area contributed by atoms with Crippen LogP contribution in [0.25, 0.3) is 0 Å². The lowest BCUT2D eigenvalue weighted by atomic mass is 9.87. The van der Waals surface area contributed by atoms with Gasteiger partial charge in [0.2, 0.25) is 5.91 Å². The third kappa shape index (κ3) is 3.29. The second-order valence-corrected chi connectivity index (χ2v) is 6.19. The van der Waals surface area contributed by atoms with Crippen LogP contribution in [0.15, 0.2) is 42.5 Å². The van der Waals surface area contributed by atoms with E-state index >= 15 is 0 Å². The van der Waals surface area contributed by atoms with Crippen LogP contribution < -0.4 is 4.90 Å². The zero-order valence-electron chi connectivity index (χ0n) is 12.4. The van der Waals surface area contributed by atoms with Crippen molar-refractivity contribution in [2.75, 3.05) is 16.8 Å². The normalized spacial score (nSPS) is 17.5. The van der Waals surface area contributed by atoms with Crippen LogP contribution in [-0.2, 0) is 4.79 Å². The van der Waals surface area contributed by atoms with Crippen LogP contribution in [0, 0.1) is 11.6 Å². The number of halogens is 3. The van der Waals surface area contributed by atoms with Crippen molar-refractivity contribution < 1.29 is 13.6 Å². The number of carbonyl (C=O) groups excluding carboxylic acids is 1. The van der Waals surface area contributed by atoms with E-state index in [4.69, 9.17) is 0 Å². The summed E-state index contributed by atoms with van der Waals surface area (Å²) in [5.41, 5.74) is 2.50. The van der Waals surface area contributed by atoms with Gasteiger partial charge in [-0.3, -0.25) is 4.79 Å². The minimum Gasteiger partial charge on any atom is -0.311 e. The molecular formula is C18H16BrF2NO. The Morgan fingerprint density at radius 3 is 2.52 bits per heavy atom. The molecule has 1 amide bonds. The average Bonchev–Trinajstić information content (AvgIpc) is 2.74. The van der Waals surface area contributed by atoms with Crippen LogP contribution in [0.5, 0.6) is 0 Å². The number of rotatable bonds is 2. The Morgan fingerprint density at radius 1 is 1.13 bits per heavy atom. The van der Waals surface area contributed by atoms with Crippen molar-refractivity contribution in [1.29, 1.82) is 0 Å². The van der Waals surface area contributed by atoms with E-state index in [9.17, 15) is 13.6 Å². The Bertz CT molecular complexity index is 717. The molecule has 1 aliphatic heterocycles. The fourth-order valence-electron chi connectivity index (χ4n) is 3.15. The number of anilines is 1. The summed E-state index contributed by atoms with van der Waals surface area (Å²) in [5.74, 6) is -0.704. The largest absolute Gasteiger partial charge is 0.311 e. The standard InChI is InChI=1S/C18H16BrF2NO/c19-11-18(23)22-9-1-2-15(12-3-5-13(20)6-4-12)16-8-7-14(21)10-17(16)22/h3-8,10,15H,1-2,9,11H2. The van der Waals surface area contributed by atoms with Crippen LogP contribution >= 0.6 is 15.9 Å². The van der Waals surface area contributed by atoms with E-state index in [2.05, 4.69) is 15.9 Å². The molecule has 1 aliphatic rings. The maximum absolute atomic E-state index is 13.8. The summed E-state index contributed by atoms with van der Waals surface area (Å²) in [5, 5.41) is 0.199. The summed E-state index contributed by atoms with van der Waals surface area (Å²) in [7, 11) is 0. The Morgan fingerprint density at radius 2 is 1.83 bits per heavy atom. The van der Waals surface area contributed by atoms with E-state index in [1.54, 1.807) is 23.1 Å². The van der Waals surface area contributed by atoms with E-state index in [0.29, 0.717) is 12.2 Å². The maximum Gasteiger partial charge on any atom is 0.237 e. The fourth-order valence-corrected chi connectivity index (χ4v) is 3.45. The van der Waals surface area contributed by atoms with Gasteiger partial charge in [0.15, 0.2) is 0 Å². The topological polar surface area (TPSA) is 20.3 Å². The summed E-state index contributed by atoms with van der Waals surface area (Å²) >= 11 is 3.19. The van der Waals surface area contributed by atoms with Gasteiger partial charge in [-0.15, -0.1) is 0 Å². The van der Waals surface area contributed by atoms with Crippen molar-refractivity contribution in [3.05, 3.63) is 65.2 Å². The van der Waals surface area contributed by atoms with Crippen LogP contribution in [0.3, 0.4) is 0 Å². The second kappa shape index (κ2) is 6.79. The summed E-state index contributed by atoms with van der Waals surface area (Å²) in [4.78, 5) is 13.8. The molecule has 2 aromatic rings. The van der Waals surface area contributed by atoms with E-state index < -0.39 is 0 Å². The van der Waals surface area contributed by atoms with Crippen molar-refractivity contribution in [3.63, 3.8) is 0 Å². The highest BCUT2D eigenvalue weighted by Crippen LogP contribution is 2.39. The highest BCUT2D eigenvalue weighted by atomic mass is 79.9. The van der Waals surface area contributed by atoms with E-state index in [1.807, 2.05) is 0 Å². The lowest BCUT2D eigenvalue weighted by Gasteiger charge is -2.24. The van der Waals surface area contributed by atoms with Crippen LogP contribution in [0.4, 0.5) is 14.5 Å². The molecule has 1 unspecified atom stereocenters. The van der Waals surface area contributed by atoms with Crippen molar-refractivity contribution in [2.45, 2.75) is 18.8 Å². The molecule has 0 saturated heterocycles. The van der Waals surface area contributed by atoms with Gasteiger partial charge < -0.3 is 4.90 Å². The van der Waals surface area contributed by atoms with Gasteiger partial charge in [0.25, 0.3) is 0 Å². The van der Waals surface area contributed by atoms with Gasteiger partial charge in [0.05, 0.1) is 11.0 Å². The smallest absolute Gasteiger partial charge is 0.237 e. The number of hydrogen-bond acceptors (Lipinski definition) is 1. The third-order valence-electron chi connectivity index (χ3n) is 4.22. The minimum atomic E-state index is -0.365. The Balaban J connectivity index is 2.09. The first-order valence-corrected chi connectivity index (χ1v) is 8.63. The zero-order valence-corrected chi connectivity index (χ0v) is 14.0. The molecule has 0 radical (unpaired) electrons. The molecule has 0 spiro atoms. The fraction of sp³-hybridized carbons (Fsp3) is 0.278. The molecule has 23 heavy (non-hydrogen) atoms. The van der Waals surface area contributed by atoms with Gasteiger partial charge in [-0.1, -0.05) is 34.1 Å². The van der Waals surface area contributed by atoms with Crippen LogP contribution in [0.2, 0.25) is 0 Å². The molecule has 0 fully saturated rings. The molecule has 3 rings (SSSR count). The van der Waals surface area contributed by atoms with E-state index in [1.165, 1.54) is 24.3 Å². The summed E-state index contributed by atoms with van der Waals surface area (Å²) < 4.78 is 26.9. The number of hydrogen-bond donors (Lipinski definition) is 0. The van der Waals surface area contributed by atoms with Gasteiger partial charge in [0, 0.05) is 12.5 Å². The number of alkyl halides is 1. The summed E-state index contributed by atoms with van der Waals surface area (Å²) in [6, 6.07) is 11.0. The second-order valence-electron chi connectivity index (χ2n) is 5.63. The summed E-state index contributed by atoms with van der Waals surface area (Å²) in [6.45, 7) is 0.554. The number of benzene rings is 2. The zero-order chi connectivity index (χ0) is 16.4. The van der Waals surface area contributed by atoms with Gasteiger partial charge in [-0.2, -0.15) is 0 Å². The lowest BCUT2D eigenvalue weighted by Crippen LogP contribution is -2.32. The SMILES string of the molecule is O=C(CBr)N1CCCC(c2ccc(F)cc2)c2ccc(F)cc21. The number of nitrogens with zero attached hydrogens (tertiary/aromatic N) is 1. The molecule has 0 aliphatic carbocycles. The molecular weight excluding hydrogens is 364 g/mol. The van der Waals surface area contributed by atoms with Crippen LogP contribution in [-0.4, -0.2) is 17.8 Å². The highest BCUT2D eigenvalue weighted by molar-refractivity contribution is 9.09. The predicted molar refractivity (Wildman–Crippen MR) is 90.0 cm³/mol. The quantitative estimate of drug-likeness (QED) is 0.697. The molecule has 0 N–H and O–H groups in total. The third-order valence-corrected chi connectivity index (χ3v) is 4.70. The van der Waals surface area contributed by atoms with Crippen molar-refractivity contribution in [1.82, 2.24) is 0 Å². The Kier molecular flexibility index (Phi) is 4.76. The van der Waals surface area contributed by atoms with Gasteiger partial charge in [-0.05, 0) is 48.2 Å². The highest BCUT2D eigenvalue weighted by Gasteiger charge is 2.27. The molecule has 1 heterocycles. The maximum atomic E-state index is 13.8. The first-order chi connectivity index (χ1) is 11.1. The Labute approximate surface area is 142 Å². The predicted octanol–water partition coefficient (Wildman–Crippen LogP) is 4.62. The molecule has 0 aromatic heterocycles. The first kappa shape index (κ1) is 16.1. The van der Waals surface area contributed by atoms with E-state index in [0.717, 1.165) is 24.0 Å². The van der Waals surface area contributed by atoms with Crippen molar-refractivity contribution in [3.8, 4) is 0 Å². The van der Waals surface area contributed by atoms with Crippen molar-refractivity contribution >= 4 is 27.5 Å². The average molecular weight is 380 g/mol. The molecule has 120 valence electrons. The van der Waals surface area contributed by atoms with Gasteiger partial charge in [-0.25, -0.2) is 8.78 Å². The molecule has 5 heteroatoms. The minimum absolute atomic E-state index is 0.0272.